The fourth-order valence-electron chi connectivity index (χ4n) is 0.817. The van der Waals surface area contributed by atoms with Gasteiger partial charge in [0.05, 0.1) is 12.9 Å². The Morgan fingerprint density at radius 2 is 2.23 bits per heavy atom. The van der Waals surface area contributed by atoms with Gasteiger partial charge in [0.2, 0.25) is 0 Å². The first-order valence-corrected chi connectivity index (χ1v) is 4.60. The van der Waals surface area contributed by atoms with E-state index in [4.69, 9.17) is 0 Å². The van der Waals surface area contributed by atoms with Crippen LogP contribution in [0.4, 0.5) is 0 Å². The van der Waals surface area contributed by atoms with E-state index < -0.39 is 0 Å². The Morgan fingerprint density at radius 1 is 1.54 bits per heavy atom. The van der Waals surface area contributed by atoms with Crippen LogP contribution >= 0.6 is 0 Å². The third-order valence-corrected chi connectivity index (χ3v) is 1.43. The Bertz CT molecular complexity index is 234. The SMILES string of the molecule is C=C1CN=CN/C1=C/C=C\C.CC. The van der Waals surface area contributed by atoms with Crippen LogP contribution < -0.4 is 5.32 Å². The van der Waals surface area contributed by atoms with E-state index in [9.17, 15) is 0 Å². The molecule has 0 radical (unpaired) electrons. The summed E-state index contributed by atoms with van der Waals surface area (Å²) >= 11 is 0. The molecule has 0 spiro atoms. The van der Waals surface area contributed by atoms with Gasteiger partial charge in [-0.05, 0) is 18.6 Å². The summed E-state index contributed by atoms with van der Waals surface area (Å²) in [4.78, 5) is 4.02. The average molecular weight is 178 g/mol. The highest BCUT2D eigenvalue weighted by molar-refractivity contribution is 5.63. The zero-order chi connectivity index (χ0) is 10.1. The van der Waals surface area contributed by atoms with E-state index in [0.29, 0.717) is 6.54 Å². The molecule has 72 valence electrons. The molecule has 0 saturated heterocycles. The van der Waals surface area contributed by atoms with Gasteiger partial charge in [0.1, 0.15) is 0 Å². The number of nitrogens with zero attached hydrogens (tertiary/aromatic N) is 1. The molecule has 0 aromatic heterocycles. The van der Waals surface area contributed by atoms with Crippen LogP contribution in [0.2, 0.25) is 0 Å². The summed E-state index contributed by atoms with van der Waals surface area (Å²) < 4.78 is 0. The third-order valence-electron chi connectivity index (χ3n) is 1.43. The highest BCUT2D eigenvalue weighted by Crippen LogP contribution is 2.06. The van der Waals surface area contributed by atoms with Gasteiger partial charge in [0.25, 0.3) is 0 Å². The van der Waals surface area contributed by atoms with Gasteiger partial charge in [-0.1, -0.05) is 32.6 Å². The molecule has 0 amide bonds. The van der Waals surface area contributed by atoms with Crippen molar-refractivity contribution in [2.24, 2.45) is 4.99 Å². The predicted molar refractivity (Wildman–Crippen MR) is 59.9 cm³/mol. The molecule has 1 aliphatic heterocycles. The second kappa shape index (κ2) is 7.35. The van der Waals surface area contributed by atoms with Crippen LogP contribution in [0.1, 0.15) is 20.8 Å². The summed E-state index contributed by atoms with van der Waals surface area (Å²) in [6.45, 7) is 10.6. The quantitative estimate of drug-likeness (QED) is 0.656. The fourth-order valence-corrected chi connectivity index (χ4v) is 0.817. The topological polar surface area (TPSA) is 24.4 Å². The van der Waals surface area contributed by atoms with Gasteiger partial charge in [-0.25, -0.2) is 0 Å². The predicted octanol–water partition coefficient (Wildman–Crippen LogP) is 2.66. The van der Waals surface area contributed by atoms with Crippen LogP contribution in [-0.4, -0.2) is 12.9 Å². The summed E-state index contributed by atoms with van der Waals surface area (Å²) in [6.07, 6.45) is 7.65. The highest BCUT2D eigenvalue weighted by atomic mass is 15.0. The first kappa shape index (κ1) is 11.7. The lowest BCUT2D eigenvalue weighted by Gasteiger charge is -2.11. The van der Waals surface area contributed by atoms with Crippen molar-refractivity contribution in [1.82, 2.24) is 5.32 Å². The zero-order valence-electron chi connectivity index (χ0n) is 8.67. The van der Waals surface area contributed by atoms with Crippen molar-refractivity contribution in [3.63, 3.8) is 0 Å². The van der Waals surface area contributed by atoms with Crippen molar-refractivity contribution >= 4 is 6.34 Å². The van der Waals surface area contributed by atoms with Gasteiger partial charge in [0.15, 0.2) is 0 Å². The van der Waals surface area contributed by atoms with E-state index >= 15 is 0 Å². The van der Waals surface area contributed by atoms with Crippen molar-refractivity contribution < 1.29 is 0 Å². The Kier molecular flexibility index (Phi) is 6.60. The Morgan fingerprint density at radius 3 is 2.77 bits per heavy atom. The Balaban J connectivity index is 0.000000671. The largest absolute Gasteiger partial charge is 0.346 e. The number of hydrogen-bond donors (Lipinski definition) is 1. The van der Waals surface area contributed by atoms with Crippen molar-refractivity contribution in [3.05, 3.63) is 36.1 Å². The van der Waals surface area contributed by atoms with E-state index in [-0.39, 0.29) is 0 Å². The van der Waals surface area contributed by atoms with Crippen molar-refractivity contribution in [3.8, 4) is 0 Å². The molecule has 0 saturated carbocycles. The number of rotatable bonds is 1. The molecule has 0 aromatic rings. The van der Waals surface area contributed by atoms with Gasteiger partial charge in [-0.2, -0.15) is 0 Å². The molecule has 2 heteroatoms. The molecular weight excluding hydrogens is 160 g/mol. The van der Waals surface area contributed by atoms with Crippen molar-refractivity contribution in [1.29, 1.82) is 0 Å². The minimum Gasteiger partial charge on any atom is -0.346 e. The molecule has 1 N–H and O–H groups in total. The van der Waals surface area contributed by atoms with Crippen molar-refractivity contribution in [2.45, 2.75) is 20.8 Å². The van der Waals surface area contributed by atoms with Crippen LogP contribution in [-0.2, 0) is 0 Å². The smallest absolute Gasteiger partial charge is 0.0872 e. The molecule has 0 fully saturated rings. The number of hydrogen-bond acceptors (Lipinski definition) is 2. The summed E-state index contributed by atoms with van der Waals surface area (Å²) in [7, 11) is 0. The molecule has 1 aliphatic rings. The molecule has 0 atom stereocenters. The normalized spacial score (nSPS) is 18.4. The Labute approximate surface area is 80.8 Å². The molecule has 1 rings (SSSR count). The van der Waals surface area contributed by atoms with E-state index in [1.807, 2.05) is 39.0 Å². The molecule has 0 bridgehead atoms. The number of nitrogens with one attached hydrogen (secondary N) is 1. The summed E-state index contributed by atoms with van der Waals surface area (Å²) in [5.74, 6) is 0. The second-order valence-corrected chi connectivity index (χ2v) is 2.32. The lowest BCUT2D eigenvalue weighted by molar-refractivity contribution is 1.02. The molecule has 0 unspecified atom stereocenters. The first-order valence-electron chi connectivity index (χ1n) is 4.60. The average Bonchev–Trinajstić information content (AvgIpc) is 2.20. The van der Waals surface area contributed by atoms with Gasteiger partial charge in [0, 0.05) is 5.70 Å². The third kappa shape index (κ3) is 4.31. The Hall–Kier alpha value is -1.31. The maximum atomic E-state index is 4.02. The summed E-state index contributed by atoms with van der Waals surface area (Å²) in [5.41, 5.74) is 2.09. The van der Waals surface area contributed by atoms with Gasteiger partial charge in [-0.15, -0.1) is 0 Å². The minimum absolute atomic E-state index is 0.705. The standard InChI is InChI=1S/C9H12N2.C2H6/c1-3-4-5-9-8(2)6-10-7-11-9;1-2/h3-5,7H,2,6H2,1H3,(H,10,11);1-2H3/b4-3-,9-5+;. The van der Waals surface area contributed by atoms with Crippen molar-refractivity contribution in [2.75, 3.05) is 6.54 Å². The van der Waals surface area contributed by atoms with Gasteiger partial charge in [-0.3, -0.25) is 4.99 Å². The molecule has 0 aromatic carbocycles. The maximum Gasteiger partial charge on any atom is 0.0872 e. The van der Waals surface area contributed by atoms with Gasteiger partial charge >= 0.3 is 0 Å². The molecule has 0 aliphatic carbocycles. The zero-order valence-corrected chi connectivity index (χ0v) is 8.67. The molecule has 13 heavy (non-hydrogen) atoms. The monoisotopic (exact) mass is 178 g/mol. The van der Waals surface area contributed by atoms with E-state index in [1.165, 1.54) is 0 Å². The second-order valence-electron chi connectivity index (χ2n) is 2.32. The number of aliphatic imine (C=N–C) groups is 1. The summed E-state index contributed by atoms with van der Waals surface area (Å²) in [5, 5.41) is 3.02. The molecule has 1 heterocycles. The fraction of sp³-hybridized carbons (Fsp3) is 0.364. The van der Waals surface area contributed by atoms with Crippen LogP contribution in [0.15, 0.2) is 41.1 Å². The van der Waals surface area contributed by atoms with E-state index in [1.54, 1.807) is 6.34 Å². The highest BCUT2D eigenvalue weighted by Gasteiger charge is 2.02. The van der Waals surface area contributed by atoms with Crippen LogP contribution in [0, 0.1) is 0 Å². The lowest BCUT2D eigenvalue weighted by Crippen LogP contribution is -2.18. The van der Waals surface area contributed by atoms with E-state index in [2.05, 4.69) is 16.9 Å². The van der Waals surface area contributed by atoms with Crippen LogP contribution in [0.5, 0.6) is 0 Å². The molecule has 2 nitrogen and oxygen atoms in total. The van der Waals surface area contributed by atoms with E-state index in [0.717, 1.165) is 11.3 Å². The summed E-state index contributed by atoms with van der Waals surface area (Å²) in [6, 6.07) is 0. The first-order chi connectivity index (χ1) is 6.34. The maximum absolute atomic E-state index is 4.02. The van der Waals surface area contributed by atoms with Crippen LogP contribution in [0.25, 0.3) is 0 Å². The van der Waals surface area contributed by atoms with Gasteiger partial charge < -0.3 is 5.32 Å². The lowest BCUT2D eigenvalue weighted by atomic mass is 10.2. The number of allylic oxidation sites excluding steroid dienone is 3. The molecular formula is C11H18N2. The van der Waals surface area contributed by atoms with Crippen LogP contribution in [0.3, 0.4) is 0 Å². The minimum atomic E-state index is 0.705.